The molecule has 5 rings (SSSR count). The van der Waals surface area contributed by atoms with Gasteiger partial charge in [-0.2, -0.15) is 0 Å². The van der Waals surface area contributed by atoms with Crippen LogP contribution in [0.2, 0.25) is 0 Å². The van der Waals surface area contributed by atoms with Crippen LogP contribution >= 0.6 is 0 Å². The minimum Gasteiger partial charge on any atom is -0.388 e. The number of piperidine rings is 1. The van der Waals surface area contributed by atoms with Crippen molar-refractivity contribution in [2.45, 2.75) is 67.3 Å². The Morgan fingerprint density at radius 3 is 2.56 bits per heavy atom. The Hall–Kier alpha value is -1.77. The van der Waals surface area contributed by atoms with Gasteiger partial charge in [0.15, 0.2) is 0 Å². The molecule has 1 heterocycles. The lowest BCUT2D eigenvalue weighted by atomic mass is 9.63. The summed E-state index contributed by atoms with van der Waals surface area (Å²) >= 11 is 0. The summed E-state index contributed by atoms with van der Waals surface area (Å²) < 4.78 is 29.6. The van der Waals surface area contributed by atoms with Gasteiger partial charge in [-0.25, -0.2) is 13.6 Å². The molecule has 2 bridgehead atoms. The summed E-state index contributed by atoms with van der Waals surface area (Å²) in [7, 11) is -2.26. The molecule has 2 aromatic carbocycles. The van der Waals surface area contributed by atoms with Crippen LogP contribution in [0.4, 0.5) is 0 Å². The van der Waals surface area contributed by atoms with Crippen LogP contribution in [0.1, 0.15) is 59.6 Å². The molecule has 0 radical (unpaired) electrons. The van der Waals surface area contributed by atoms with E-state index < -0.39 is 20.9 Å². The Balaban J connectivity index is 1.34. The third kappa shape index (κ3) is 4.56. The molecule has 0 aromatic heterocycles. The van der Waals surface area contributed by atoms with E-state index in [4.69, 9.17) is 9.88 Å². The second kappa shape index (κ2) is 9.03. The summed E-state index contributed by atoms with van der Waals surface area (Å²) in [6, 6.07) is 16.8. The van der Waals surface area contributed by atoms with Gasteiger partial charge in [-0.3, -0.25) is 4.90 Å². The van der Waals surface area contributed by atoms with Crippen molar-refractivity contribution in [3.63, 3.8) is 0 Å². The molecule has 0 spiro atoms. The van der Waals surface area contributed by atoms with Crippen molar-refractivity contribution in [1.29, 1.82) is 0 Å². The number of aliphatic hydroxyl groups is 1. The van der Waals surface area contributed by atoms with E-state index in [2.05, 4.69) is 35.2 Å². The molecule has 34 heavy (non-hydrogen) atoms. The number of nitrogens with zero attached hydrogens (tertiary/aromatic N) is 1. The molecule has 2 fully saturated rings. The molecule has 2 aliphatic carbocycles. The standard InChI is InChI=1S/C27H36N2O4S/c1-33-18-25(34(28,31)32)20-8-4-9-23(14-20)26-11-5-10-24(17-26)29(13-12-26)19-27(30)15-21-6-2-3-7-22(21)16-27/h2-4,6-9,14,24-25,30H,5,10-13,15-19H2,1H3,(H2,28,31,32). The van der Waals surface area contributed by atoms with Crippen LogP contribution < -0.4 is 5.14 Å². The maximum absolute atomic E-state index is 12.2. The first-order valence-electron chi connectivity index (χ1n) is 12.4. The van der Waals surface area contributed by atoms with Gasteiger partial charge >= 0.3 is 0 Å². The number of methoxy groups -OCH3 is 1. The van der Waals surface area contributed by atoms with E-state index in [1.807, 2.05) is 18.2 Å². The lowest BCUT2D eigenvalue weighted by Crippen LogP contribution is -2.56. The fraction of sp³-hybridized carbons (Fsp3) is 0.556. The van der Waals surface area contributed by atoms with E-state index in [0.717, 1.165) is 51.5 Å². The van der Waals surface area contributed by atoms with Crippen molar-refractivity contribution < 1.29 is 18.3 Å². The quantitative estimate of drug-likeness (QED) is 0.630. The molecular weight excluding hydrogens is 448 g/mol. The molecule has 3 atom stereocenters. The highest BCUT2D eigenvalue weighted by atomic mass is 32.2. The lowest BCUT2D eigenvalue weighted by Gasteiger charge is -2.52. The van der Waals surface area contributed by atoms with Crippen LogP contribution in [0.5, 0.6) is 0 Å². The molecule has 2 aromatic rings. The van der Waals surface area contributed by atoms with E-state index in [9.17, 15) is 13.5 Å². The zero-order valence-corrected chi connectivity index (χ0v) is 20.8. The van der Waals surface area contributed by atoms with E-state index in [0.29, 0.717) is 18.2 Å². The Labute approximate surface area is 203 Å². The van der Waals surface area contributed by atoms with Gasteiger partial charge in [-0.1, -0.05) is 55.0 Å². The van der Waals surface area contributed by atoms with Gasteiger partial charge in [-0.05, 0) is 59.9 Å². The molecular formula is C27H36N2O4S. The SMILES string of the molecule is COCC(c1cccc(C23CCCC(C2)N(CC2(O)Cc4ccccc4C2)CC3)c1)S(N)(=O)=O. The third-order valence-electron chi connectivity index (χ3n) is 8.45. The van der Waals surface area contributed by atoms with Crippen molar-refractivity contribution in [3.8, 4) is 0 Å². The lowest BCUT2D eigenvalue weighted by molar-refractivity contribution is -0.0328. The maximum atomic E-state index is 12.2. The number of β-amino-alcohol motifs (C(OH)–C–C–N with tert-alkyl or cyclic N) is 1. The topological polar surface area (TPSA) is 92.9 Å². The number of ether oxygens (including phenoxy) is 1. The predicted octanol–water partition coefficient (Wildman–Crippen LogP) is 3.08. The van der Waals surface area contributed by atoms with E-state index >= 15 is 0 Å². The summed E-state index contributed by atoms with van der Waals surface area (Å²) in [5.74, 6) is 0. The number of primary sulfonamides is 1. The van der Waals surface area contributed by atoms with Gasteiger partial charge in [0.25, 0.3) is 0 Å². The average molecular weight is 485 g/mol. The van der Waals surface area contributed by atoms with Gasteiger partial charge in [0.2, 0.25) is 10.0 Å². The third-order valence-corrected chi connectivity index (χ3v) is 9.65. The highest BCUT2D eigenvalue weighted by Crippen LogP contribution is 2.48. The Kier molecular flexibility index (Phi) is 6.36. The van der Waals surface area contributed by atoms with Crippen LogP contribution in [0, 0.1) is 0 Å². The molecule has 1 saturated carbocycles. The van der Waals surface area contributed by atoms with Gasteiger partial charge < -0.3 is 9.84 Å². The zero-order chi connectivity index (χ0) is 24.0. The monoisotopic (exact) mass is 484 g/mol. The second-order valence-corrected chi connectivity index (χ2v) is 12.5. The Morgan fingerprint density at radius 2 is 1.88 bits per heavy atom. The molecule has 1 saturated heterocycles. The Bertz CT molecular complexity index is 1130. The molecule has 1 aliphatic heterocycles. The van der Waals surface area contributed by atoms with Crippen LogP contribution in [-0.2, 0) is 33.0 Å². The summed E-state index contributed by atoms with van der Waals surface area (Å²) in [4.78, 5) is 2.52. The van der Waals surface area contributed by atoms with Crippen molar-refractivity contribution in [1.82, 2.24) is 4.90 Å². The predicted molar refractivity (Wildman–Crippen MR) is 133 cm³/mol. The van der Waals surface area contributed by atoms with Crippen LogP contribution in [0.15, 0.2) is 48.5 Å². The summed E-state index contributed by atoms with van der Waals surface area (Å²) in [6.45, 7) is 1.71. The first-order chi connectivity index (χ1) is 16.2. The molecule has 3 N–H and O–H groups in total. The summed E-state index contributed by atoms with van der Waals surface area (Å²) in [5, 5.41) is 16.1. The van der Waals surface area contributed by atoms with E-state index in [1.165, 1.54) is 23.8 Å². The van der Waals surface area contributed by atoms with Crippen molar-refractivity contribution in [3.05, 3.63) is 70.8 Å². The summed E-state index contributed by atoms with van der Waals surface area (Å²) in [6.07, 6.45) is 6.92. The van der Waals surface area contributed by atoms with Crippen LogP contribution in [0.3, 0.4) is 0 Å². The average Bonchev–Trinajstić information content (AvgIpc) is 3.15. The number of likely N-dealkylation sites (tertiary alicyclic amines) is 1. The largest absolute Gasteiger partial charge is 0.388 e. The molecule has 7 heteroatoms. The van der Waals surface area contributed by atoms with Gasteiger partial charge in [0.1, 0.15) is 5.25 Å². The number of hydrogen-bond donors (Lipinski definition) is 2. The van der Waals surface area contributed by atoms with Crippen molar-refractivity contribution in [2.75, 3.05) is 26.8 Å². The second-order valence-electron chi connectivity index (χ2n) is 10.8. The number of sulfonamides is 1. The van der Waals surface area contributed by atoms with Crippen LogP contribution in [-0.4, -0.2) is 56.9 Å². The summed E-state index contributed by atoms with van der Waals surface area (Å²) in [5.41, 5.74) is 3.83. The minimum atomic E-state index is -3.76. The highest BCUT2D eigenvalue weighted by Gasteiger charge is 2.46. The van der Waals surface area contributed by atoms with Crippen LogP contribution in [0.25, 0.3) is 0 Å². The highest BCUT2D eigenvalue weighted by molar-refractivity contribution is 7.89. The number of nitrogens with two attached hydrogens (primary N) is 1. The molecule has 3 aliphatic rings. The van der Waals surface area contributed by atoms with Crippen molar-refractivity contribution in [2.24, 2.45) is 5.14 Å². The van der Waals surface area contributed by atoms with E-state index in [-0.39, 0.29) is 12.0 Å². The normalized spacial score (nSPS) is 27.3. The maximum Gasteiger partial charge on any atom is 0.218 e. The fourth-order valence-electron chi connectivity index (χ4n) is 6.79. The molecule has 0 amide bonds. The fourth-order valence-corrected chi connectivity index (χ4v) is 7.64. The molecule has 184 valence electrons. The number of hydrogen-bond acceptors (Lipinski definition) is 5. The molecule has 3 unspecified atom stereocenters. The smallest absolute Gasteiger partial charge is 0.218 e. The first-order valence-corrected chi connectivity index (χ1v) is 14.0. The number of rotatable bonds is 7. The van der Waals surface area contributed by atoms with E-state index in [1.54, 1.807) is 0 Å². The first kappa shape index (κ1) is 23.9. The Morgan fingerprint density at radius 1 is 1.15 bits per heavy atom. The van der Waals surface area contributed by atoms with Gasteiger partial charge in [0, 0.05) is 32.5 Å². The molecule has 6 nitrogen and oxygen atoms in total. The number of fused-ring (bicyclic) bond motifs is 3. The zero-order valence-electron chi connectivity index (χ0n) is 19.9. The van der Waals surface area contributed by atoms with Gasteiger partial charge in [0.05, 0.1) is 12.2 Å². The van der Waals surface area contributed by atoms with Crippen molar-refractivity contribution >= 4 is 10.0 Å². The minimum absolute atomic E-state index is 0.0483. The number of benzene rings is 2. The van der Waals surface area contributed by atoms with Gasteiger partial charge in [-0.15, -0.1) is 0 Å².